The first-order valence-corrected chi connectivity index (χ1v) is 6.83. The summed E-state index contributed by atoms with van der Waals surface area (Å²) in [5.74, 6) is 2.65. The van der Waals surface area contributed by atoms with E-state index in [1.807, 2.05) is 18.2 Å². The van der Waals surface area contributed by atoms with Crippen molar-refractivity contribution in [2.45, 2.75) is 32.2 Å². The highest BCUT2D eigenvalue weighted by Gasteiger charge is 2.25. The van der Waals surface area contributed by atoms with Crippen molar-refractivity contribution in [3.63, 3.8) is 0 Å². The van der Waals surface area contributed by atoms with Gasteiger partial charge in [-0.25, -0.2) is 0 Å². The van der Waals surface area contributed by atoms with Gasteiger partial charge in [-0.05, 0) is 24.5 Å². The third kappa shape index (κ3) is 3.29. The van der Waals surface area contributed by atoms with Crippen molar-refractivity contribution in [1.29, 1.82) is 0 Å². The van der Waals surface area contributed by atoms with Gasteiger partial charge in [0.1, 0.15) is 0 Å². The van der Waals surface area contributed by atoms with Crippen molar-refractivity contribution in [3.05, 3.63) is 29.8 Å². The summed E-state index contributed by atoms with van der Waals surface area (Å²) in [4.78, 5) is 12.2. The Bertz CT molecular complexity index is 490. The molecular formula is C16H20N2O. The second-order valence-corrected chi connectivity index (χ2v) is 4.96. The monoisotopic (exact) mass is 256 g/mol. The van der Waals surface area contributed by atoms with Crippen LogP contribution < -0.4 is 10.6 Å². The number of para-hydroxylation sites is 1. The predicted octanol–water partition coefficient (Wildman–Crippen LogP) is 2.19. The van der Waals surface area contributed by atoms with E-state index in [1.165, 1.54) is 5.56 Å². The Morgan fingerprint density at radius 3 is 3.11 bits per heavy atom. The standard InChI is InChI=1S/C16H20N2O/c1-3-7-14(4-2)18-16(19)13-10-12-8-5-6-9-15(12)17-11-13/h2,5-6,8-9,13-14,17H,3,7,10-11H2,1H3,(H,18,19). The smallest absolute Gasteiger partial charge is 0.226 e. The first-order valence-electron chi connectivity index (χ1n) is 6.83. The summed E-state index contributed by atoms with van der Waals surface area (Å²) in [7, 11) is 0. The zero-order chi connectivity index (χ0) is 13.7. The van der Waals surface area contributed by atoms with E-state index < -0.39 is 0 Å². The molecule has 1 heterocycles. The number of amides is 1. The first-order chi connectivity index (χ1) is 9.24. The van der Waals surface area contributed by atoms with Gasteiger partial charge in [-0.1, -0.05) is 37.5 Å². The minimum Gasteiger partial charge on any atom is -0.384 e. The molecule has 2 atom stereocenters. The van der Waals surface area contributed by atoms with Crippen molar-refractivity contribution in [2.24, 2.45) is 5.92 Å². The van der Waals surface area contributed by atoms with Gasteiger partial charge >= 0.3 is 0 Å². The molecule has 1 aromatic rings. The number of carbonyl (C=O) groups excluding carboxylic acids is 1. The molecule has 2 unspecified atom stereocenters. The fourth-order valence-electron chi connectivity index (χ4n) is 2.40. The van der Waals surface area contributed by atoms with Gasteiger partial charge in [0.15, 0.2) is 0 Å². The van der Waals surface area contributed by atoms with Crippen LogP contribution in [0.5, 0.6) is 0 Å². The molecule has 0 aromatic heterocycles. The highest BCUT2D eigenvalue weighted by molar-refractivity contribution is 5.81. The van der Waals surface area contributed by atoms with E-state index >= 15 is 0 Å². The quantitative estimate of drug-likeness (QED) is 0.811. The summed E-state index contributed by atoms with van der Waals surface area (Å²) >= 11 is 0. The summed E-state index contributed by atoms with van der Waals surface area (Å²) in [6.07, 6.45) is 8.01. The van der Waals surface area contributed by atoms with Gasteiger partial charge in [-0.15, -0.1) is 6.42 Å². The van der Waals surface area contributed by atoms with E-state index in [0.29, 0.717) is 6.54 Å². The lowest BCUT2D eigenvalue weighted by atomic mass is 9.93. The number of hydrogen-bond donors (Lipinski definition) is 2. The number of hydrogen-bond acceptors (Lipinski definition) is 2. The van der Waals surface area contributed by atoms with Gasteiger partial charge in [0.2, 0.25) is 5.91 Å². The molecule has 0 saturated carbocycles. The average Bonchev–Trinajstić information content (AvgIpc) is 2.46. The van der Waals surface area contributed by atoms with Gasteiger partial charge in [-0.2, -0.15) is 0 Å². The Balaban J connectivity index is 1.97. The zero-order valence-corrected chi connectivity index (χ0v) is 11.3. The first kappa shape index (κ1) is 13.5. The summed E-state index contributed by atoms with van der Waals surface area (Å²) in [6, 6.07) is 7.97. The van der Waals surface area contributed by atoms with Crippen LogP contribution in [0.15, 0.2) is 24.3 Å². The van der Waals surface area contributed by atoms with Crippen LogP contribution >= 0.6 is 0 Å². The van der Waals surface area contributed by atoms with Crippen LogP contribution in [-0.2, 0) is 11.2 Å². The molecule has 1 amide bonds. The lowest BCUT2D eigenvalue weighted by Gasteiger charge is -2.26. The van der Waals surface area contributed by atoms with E-state index in [0.717, 1.165) is 24.9 Å². The van der Waals surface area contributed by atoms with E-state index in [2.05, 4.69) is 29.5 Å². The fraction of sp³-hybridized carbons (Fsp3) is 0.438. The molecule has 1 aromatic carbocycles. The van der Waals surface area contributed by atoms with Crippen molar-refractivity contribution in [1.82, 2.24) is 5.32 Å². The lowest BCUT2D eigenvalue weighted by molar-refractivity contribution is -0.125. The molecule has 0 radical (unpaired) electrons. The minimum absolute atomic E-state index is 0.0393. The summed E-state index contributed by atoms with van der Waals surface area (Å²) < 4.78 is 0. The molecule has 100 valence electrons. The van der Waals surface area contributed by atoms with E-state index in [-0.39, 0.29) is 17.9 Å². The van der Waals surface area contributed by atoms with Crippen molar-refractivity contribution >= 4 is 11.6 Å². The van der Waals surface area contributed by atoms with E-state index in [4.69, 9.17) is 6.42 Å². The van der Waals surface area contributed by atoms with Crippen LogP contribution in [0.3, 0.4) is 0 Å². The van der Waals surface area contributed by atoms with Crippen LogP contribution in [0.25, 0.3) is 0 Å². The minimum atomic E-state index is -0.144. The van der Waals surface area contributed by atoms with Crippen molar-refractivity contribution < 1.29 is 4.79 Å². The normalized spacial score (nSPS) is 18.6. The van der Waals surface area contributed by atoms with Crippen molar-refractivity contribution in [2.75, 3.05) is 11.9 Å². The second-order valence-electron chi connectivity index (χ2n) is 4.96. The maximum Gasteiger partial charge on any atom is 0.226 e. The third-order valence-electron chi connectivity index (χ3n) is 3.49. The summed E-state index contributed by atoms with van der Waals surface area (Å²) in [5, 5.41) is 6.26. The molecule has 0 bridgehead atoms. The van der Waals surface area contributed by atoms with Gasteiger partial charge in [-0.3, -0.25) is 4.79 Å². The number of carbonyl (C=O) groups is 1. The van der Waals surface area contributed by atoms with E-state index in [9.17, 15) is 4.79 Å². The topological polar surface area (TPSA) is 41.1 Å². The van der Waals surface area contributed by atoms with Gasteiger partial charge in [0.25, 0.3) is 0 Å². The number of rotatable bonds is 4. The van der Waals surface area contributed by atoms with Crippen LogP contribution in [0.4, 0.5) is 5.69 Å². The Kier molecular flexibility index (Phi) is 4.46. The Morgan fingerprint density at radius 1 is 1.58 bits per heavy atom. The van der Waals surface area contributed by atoms with Gasteiger partial charge in [0.05, 0.1) is 12.0 Å². The molecule has 3 heteroatoms. The summed E-state index contributed by atoms with van der Waals surface area (Å²) in [5.41, 5.74) is 2.33. The molecule has 1 aliphatic rings. The molecule has 19 heavy (non-hydrogen) atoms. The van der Waals surface area contributed by atoms with Crippen LogP contribution in [0.2, 0.25) is 0 Å². The van der Waals surface area contributed by atoms with Crippen LogP contribution in [0, 0.1) is 18.3 Å². The van der Waals surface area contributed by atoms with Crippen molar-refractivity contribution in [3.8, 4) is 12.3 Å². The second kappa shape index (κ2) is 6.29. The fourth-order valence-corrected chi connectivity index (χ4v) is 2.40. The highest BCUT2D eigenvalue weighted by atomic mass is 16.1. The average molecular weight is 256 g/mol. The van der Waals surface area contributed by atoms with E-state index in [1.54, 1.807) is 0 Å². The largest absolute Gasteiger partial charge is 0.384 e. The molecule has 0 spiro atoms. The third-order valence-corrected chi connectivity index (χ3v) is 3.49. The number of benzene rings is 1. The number of fused-ring (bicyclic) bond motifs is 1. The highest BCUT2D eigenvalue weighted by Crippen LogP contribution is 2.24. The lowest BCUT2D eigenvalue weighted by Crippen LogP contribution is -2.42. The molecule has 1 aliphatic heterocycles. The number of terminal acetylenes is 1. The van der Waals surface area contributed by atoms with Gasteiger partial charge < -0.3 is 10.6 Å². The number of nitrogens with one attached hydrogen (secondary N) is 2. The molecule has 2 N–H and O–H groups in total. The molecule has 0 saturated heterocycles. The Morgan fingerprint density at radius 2 is 2.37 bits per heavy atom. The molecule has 3 nitrogen and oxygen atoms in total. The Hall–Kier alpha value is -1.95. The summed E-state index contributed by atoms with van der Waals surface area (Å²) in [6.45, 7) is 2.74. The van der Waals surface area contributed by atoms with Gasteiger partial charge in [0, 0.05) is 12.2 Å². The predicted molar refractivity (Wildman–Crippen MR) is 77.8 cm³/mol. The number of anilines is 1. The molecular weight excluding hydrogens is 236 g/mol. The SMILES string of the molecule is C#CC(CCC)NC(=O)C1CNc2ccccc2C1. The molecule has 0 fully saturated rings. The molecule has 0 aliphatic carbocycles. The maximum absolute atomic E-state index is 12.2. The zero-order valence-electron chi connectivity index (χ0n) is 11.3. The van der Waals surface area contributed by atoms with Crippen LogP contribution in [-0.4, -0.2) is 18.5 Å². The van der Waals surface area contributed by atoms with Crippen LogP contribution in [0.1, 0.15) is 25.3 Å². The Labute approximate surface area is 114 Å². The maximum atomic E-state index is 12.2. The molecule has 2 rings (SSSR count).